The summed E-state index contributed by atoms with van der Waals surface area (Å²) in [4.78, 5) is 17.1. The molecule has 3 aliphatic rings. The minimum absolute atomic E-state index is 0.0200. The molecule has 1 fully saturated rings. The number of para-hydroxylation sites is 1. The van der Waals surface area contributed by atoms with Gasteiger partial charge in [0.2, 0.25) is 5.91 Å². The molecule has 0 radical (unpaired) electrons. The average molecular weight is 510 g/mol. The molecule has 0 aromatic heterocycles. The van der Waals surface area contributed by atoms with Gasteiger partial charge in [-0.15, -0.1) is 0 Å². The maximum Gasteiger partial charge on any atom is 0.226 e. The number of hydrogen-bond donors (Lipinski definition) is 1. The van der Waals surface area contributed by atoms with Crippen LogP contribution in [0, 0.1) is 5.92 Å². The van der Waals surface area contributed by atoms with Crippen molar-refractivity contribution in [1.29, 1.82) is 0 Å². The molecule has 0 spiro atoms. The predicted octanol–water partition coefficient (Wildman–Crippen LogP) is 6.74. The highest BCUT2D eigenvalue weighted by Crippen LogP contribution is 2.36. The zero-order chi connectivity index (χ0) is 26.5. The molecule has 1 aliphatic carbocycles. The summed E-state index contributed by atoms with van der Waals surface area (Å²) in [6.07, 6.45) is 14.1. The van der Waals surface area contributed by atoms with Crippen LogP contribution < -0.4 is 10.2 Å². The Balaban J connectivity index is 1.24. The molecule has 198 valence electrons. The van der Waals surface area contributed by atoms with E-state index in [1.807, 2.05) is 26.0 Å². The molecular weight excluding hydrogens is 470 g/mol. The van der Waals surface area contributed by atoms with Gasteiger partial charge in [0, 0.05) is 47.7 Å². The number of fused-ring (bicyclic) bond motifs is 1. The summed E-state index contributed by atoms with van der Waals surface area (Å²) in [5.74, 6) is 1.46. The van der Waals surface area contributed by atoms with Crippen LogP contribution in [0.15, 0.2) is 90.4 Å². The molecule has 5 rings (SSSR count). The molecule has 0 atom stereocenters. The molecule has 2 heterocycles. The van der Waals surface area contributed by atoms with Crippen LogP contribution >= 0.6 is 0 Å². The Hall–Kier alpha value is -3.57. The van der Waals surface area contributed by atoms with Crippen LogP contribution in [0.25, 0.3) is 5.57 Å². The first kappa shape index (κ1) is 26.1. The van der Waals surface area contributed by atoms with E-state index in [9.17, 15) is 4.79 Å². The first-order chi connectivity index (χ1) is 18.5. The molecule has 2 aliphatic heterocycles. The zero-order valence-electron chi connectivity index (χ0n) is 22.8. The van der Waals surface area contributed by atoms with Gasteiger partial charge in [-0.3, -0.25) is 9.69 Å². The molecule has 0 unspecified atom stereocenters. The summed E-state index contributed by atoms with van der Waals surface area (Å²) in [6, 6.07) is 17.2. The minimum Gasteiger partial charge on any atom is -0.497 e. The summed E-state index contributed by atoms with van der Waals surface area (Å²) in [6.45, 7) is 7.83. The van der Waals surface area contributed by atoms with E-state index in [4.69, 9.17) is 4.74 Å². The number of anilines is 2. The van der Waals surface area contributed by atoms with Crippen LogP contribution in [-0.2, 0) is 9.53 Å². The Labute approximate surface area is 227 Å². The third-order valence-corrected chi connectivity index (χ3v) is 7.78. The van der Waals surface area contributed by atoms with Gasteiger partial charge in [0.1, 0.15) is 5.76 Å². The van der Waals surface area contributed by atoms with Crippen molar-refractivity contribution in [1.82, 2.24) is 4.90 Å². The molecule has 38 heavy (non-hydrogen) atoms. The lowest BCUT2D eigenvalue weighted by Gasteiger charge is -2.36. The maximum atomic E-state index is 12.1. The van der Waals surface area contributed by atoms with Gasteiger partial charge in [-0.1, -0.05) is 62.4 Å². The zero-order valence-corrected chi connectivity index (χ0v) is 22.8. The highest BCUT2D eigenvalue weighted by Gasteiger charge is 2.25. The van der Waals surface area contributed by atoms with Gasteiger partial charge in [-0.25, -0.2) is 0 Å². The van der Waals surface area contributed by atoms with E-state index >= 15 is 0 Å². The Morgan fingerprint density at radius 3 is 2.68 bits per heavy atom. The number of carbonyl (C=O) groups excluding carboxylic acids is 1. The van der Waals surface area contributed by atoms with Crippen LogP contribution in [-0.4, -0.2) is 44.1 Å². The summed E-state index contributed by atoms with van der Waals surface area (Å²) in [5, 5.41) is 3.05. The summed E-state index contributed by atoms with van der Waals surface area (Å²) < 4.78 is 5.54. The molecule has 5 heteroatoms. The quantitative estimate of drug-likeness (QED) is 0.449. The SMILES string of the molecule is COC1=CC(N2CC=C(CN3CCC(c4cccc(NC(=O)C(C)C)c4)CC3)c3ccccc32)=CCC=C1. The van der Waals surface area contributed by atoms with E-state index in [0.29, 0.717) is 5.92 Å². The number of hydrogen-bond acceptors (Lipinski definition) is 4. The lowest BCUT2D eigenvalue weighted by atomic mass is 9.88. The van der Waals surface area contributed by atoms with E-state index < -0.39 is 0 Å². The van der Waals surface area contributed by atoms with Gasteiger partial charge in [-0.05, 0) is 73.7 Å². The Kier molecular flexibility index (Phi) is 8.14. The van der Waals surface area contributed by atoms with Crippen LogP contribution in [0.1, 0.15) is 50.2 Å². The van der Waals surface area contributed by atoms with Gasteiger partial charge in [-0.2, -0.15) is 0 Å². The number of nitrogens with zero attached hydrogens (tertiary/aromatic N) is 2. The van der Waals surface area contributed by atoms with Crippen molar-refractivity contribution in [2.75, 3.05) is 43.5 Å². The summed E-state index contributed by atoms with van der Waals surface area (Å²) >= 11 is 0. The van der Waals surface area contributed by atoms with Gasteiger partial charge in [0.15, 0.2) is 0 Å². The number of methoxy groups -OCH3 is 1. The molecule has 2 aromatic rings. The van der Waals surface area contributed by atoms with Crippen LogP contribution in [0.4, 0.5) is 11.4 Å². The smallest absolute Gasteiger partial charge is 0.226 e. The second kappa shape index (κ2) is 11.9. The van der Waals surface area contributed by atoms with Crippen molar-refractivity contribution in [2.24, 2.45) is 5.92 Å². The van der Waals surface area contributed by atoms with E-state index in [1.54, 1.807) is 7.11 Å². The van der Waals surface area contributed by atoms with Gasteiger partial charge < -0.3 is 15.0 Å². The predicted molar refractivity (Wildman–Crippen MR) is 157 cm³/mol. The third-order valence-electron chi connectivity index (χ3n) is 7.78. The third kappa shape index (κ3) is 5.94. The van der Waals surface area contributed by atoms with Crippen molar-refractivity contribution in [3.8, 4) is 0 Å². The Bertz CT molecular complexity index is 1280. The van der Waals surface area contributed by atoms with Crippen molar-refractivity contribution in [2.45, 2.75) is 39.0 Å². The lowest BCUT2D eigenvalue weighted by molar-refractivity contribution is -0.118. The van der Waals surface area contributed by atoms with E-state index in [0.717, 1.165) is 56.9 Å². The van der Waals surface area contributed by atoms with Gasteiger partial charge in [0.25, 0.3) is 0 Å². The maximum absolute atomic E-state index is 12.1. The Morgan fingerprint density at radius 1 is 1.08 bits per heavy atom. The standard InChI is InChI=1S/C33H39N3O2/c1-24(2)33(37)34-28-10-8-9-26(21-28)25-15-18-35(19-16-25)23-27-17-20-36(32-14-7-6-13-31(27)32)29-11-4-5-12-30(22-29)38-3/h5-14,17,21-22,24-25H,4,15-16,18-20,23H2,1-3H3,(H,34,37). The van der Waals surface area contributed by atoms with Crippen LogP contribution in [0.3, 0.4) is 0 Å². The number of allylic oxidation sites excluding steroid dienone is 4. The Morgan fingerprint density at radius 2 is 1.89 bits per heavy atom. The van der Waals surface area contributed by atoms with E-state index in [-0.39, 0.29) is 11.8 Å². The van der Waals surface area contributed by atoms with Gasteiger partial charge >= 0.3 is 0 Å². The van der Waals surface area contributed by atoms with Crippen molar-refractivity contribution in [3.63, 3.8) is 0 Å². The minimum atomic E-state index is -0.0200. The number of benzene rings is 2. The summed E-state index contributed by atoms with van der Waals surface area (Å²) in [5.41, 5.74) is 7.42. The van der Waals surface area contributed by atoms with Crippen LogP contribution in [0.5, 0.6) is 0 Å². The van der Waals surface area contributed by atoms with Crippen molar-refractivity contribution >= 4 is 22.9 Å². The number of ether oxygens (including phenoxy) is 1. The van der Waals surface area contributed by atoms with Crippen LogP contribution in [0.2, 0.25) is 0 Å². The molecule has 0 saturated carbocycles. The van der Waals surface area contributed by atoms with Crippen molar-refractivity contribution < 1.29 is 9.53 Å². The molecule has 0 bridgehead atoms. The molecule has 5 nitrogen and oxygen atoms in total. The van der Waals surface area contributed by atoms with E-state index in [1.165, 1.54) is 28.1 Å². The molecule has 2 aromatic carbocycles. The topological polar surface area (TPSA) is 44.8 Å². The number of carbonyl (C=O) groups is 1. The highest BCUT2D eigenvalue weighted by atomic mass is 16.5. The van der Waals surface area contributed by atoms with Crippen molar-refractivity contribution in [3.05, 3.63) is 101 Å². The largest absolute Gasteiger partial charge is 0.497 e. The second-order valence-corrected chi connectivity index (χ2v) is 10.7. The molecule has 1 N–H and O–H groups in total. The second-order valence-electron chi connectivity index (χ2n) is 10.7. The number of likely N-dealkylation sites (tertiary alicyclic amines) is 1. The monoisotopic (exact) mass is 509 g/mol. The van der Waals surface area contributed by atoms with E-state index in [2.05, 4.69) is 81.9 Å². The number of amides is 1. The normalized spacial score (nSPS) is 18.3. The van der Waals surface area contributed by atoms with Gasteiger partial charge in [0.05, 0.1) is 7.11 Å². The fourth-order valence-electron chi connectivity index (χ4n) is 5.55. The number of nitrogens with one attached hydrogen (secondary N) is 1. The first-order valence-electron chi connectivity index (χ1n) is 13.8. The highest BCUT2D eigenvalue weighted by molar-refractivity contribution is 5.92. The first-order valence-corrected chi connectivity index (χ1v) is 13.8. The number of rotatable bonds is 7. The molecular formula is C33H39N3O2. The summed E-state index contributed by atoms with van der Waals surface area (Å²) in [7, 11) is 1.73. The molecule has 1 saturated heterocycles. The fourth-order valence-corrected chi connectivity index (χ4v) is 5.55. The average Bonchev–Trinajstić information content (AvgIpc) is 3.19. The lowest BCUT2D eigenvalue weighted by Crippen LogP contribution is -2.35. The number of piperidine rings is 1. The fraction of sp³-hybridized carbons (Fsp3) is 0.364. The molecule has 1 amide bonds.